The van der Waals surface area contributed by atoms with E-state index in [1.807, 2.05) is 30.3 Å². The Hall–Kier alpha value is -3.68. The van der Waals surface area contributed by atoms with Gasteiger partial charge in [0.2, 0.25) is 5.91 Å². The number of nitrogens with one attached hydrogen (secondary N) is 3. The molecule has 136 valence electrons. The van der Waals surface area contributed by atoms with Crippen LogP contribution in [0.25, 0.3) is 0 Å². The molecule has 1 unspecified atom stereocenters. The summed E-state index contributed by atoms with van der Waals surface area (Å²) in [6.45, 7) is 1.60. The molecule has 0 saturated carbocycles. The fourth-order valence-electron chi connectivity index (χ4n) is 3.07. The number of rotatable bonds is 3. The Morgan fingerprint density at radius 1 is 1.19 bits per heavy atom. The van der Waals surface area contributed by atoms with Crippen molar-refractivity contribution in [1.82, 2.24) is 10.2 Å². The van der Waals surface area contributed by atoms with Crippen molar-refractivity contribution in [1.29, 1.82) is 0 Å². The number of benzene rings is 2. The average molecular weight is 363 g/mol. The van der Waals surface area contributed by atoms with Gasteiger partial charge in [0.05, 0.1) is 17.9 Å². The van der Waals surface area contributed by atoms with Gasteiger partial charge in [0.15, 0.2) is 6.04 Å². The Bertz CT molecular complexity index is 971. The first kappa shape index (κ1) is 16.8. The van der Waals surface area contributed by atoms with Crippen LogP contribution in [-0.4, -0.2) is 34.6 Å². The Morgan fingerprint density at radius 2 is 1.96 bits per heavy atom. The van der Waals surface area contributed by atoms with E-state index in [0.717, 1.165) is 5.56 Å². The van der Waals surface area contributed by atoms with Crippen molar-refractivity contribution in [2.45, 2.75) is 19.5 Å². The van der Waals surface area contributed by atoms with Gasteiger partial charge in [-0.3, -0.25) is 19.8 Å². The first-order chi connectivity index (χ1) is 13.0. The lowest BCUT2D eigenvalue weighted by Gasteiger charge is -2.35. The molecule has 1 atom stereocenters. The van der Waals surface area contributed by atoms with Crippen molar-refractivity contribution >= 4 is 40.7 Å². The Labute approximate surface area is 155 Å². The maximum Gasteiger partial charge on any atom is 0.329 e. The Morgan fingerprint density at radius 3 is 2.70 bits per heavy atom. The maximum absolute atomic E-state index is 12.9. The van der Waals surface area contributed by atoms with Crippen LogP contribution in [0.15, 0.2) is 53.5 Å². The topological polar surface area (TPSA) is 103 Å². The van der Waals surface area contributed by atoms with E-state index in [1.165, 1.54) is 11.8 Å². The van der Waals surface area contributed by atoms with Crippen molar-refractivity contribution in [2.75, 3.05) is 10.6 Å². The fourth-order valence-corrected chi connectivity index (χ4v) is 3.07. The van der Waals surface area contributed by atoms with E-state index >= 15 is 0 Å². The number of urea groups is 1. The van der Waals surface area contributed by atoms with E-state index in [1.54, 1.807) is 18.2 Å². The van der Waals surface area contributed by atoms with Gasteiger partial charge in [-0.05, 0) is 23.8 Å². The number of hydrogen-bond acceptors (Lipinski definition) is 5. The predicted molar refractivity (Wildman–Crippen MR) is 101 cm³/mol. The zero-order valence-corrected chi connectivity index (χ0v) is 14.5. The largest absolute Gasteiger partial charge is 0.366 e. The van der Waals surface area contributed by atoms with E-state index in [9.17, 15) is 14.4 Å². The summed E-state index contributed by atoms with van der Waals surface area (Å²) in [6.07, 6.45) is 0. The van der Waals surface area contributed by atoms with E-state index in [-0.39, 0.29) is 24.2 Å². The number of imide groups is 1. The summed E-state index contributed by atoms with van der Waals surface area (Å²) in [4.78, 5) is 42.1. The van der Waals surface area contributed by atoms with Gasteiger partial charge in [-0.1, -0.05) is 30.3 Å². The maximum atomic E-state index is 12.9. The first-order valence-electron chi connectivity index (χ1n) is 8.44. The highest BCUT2D eigenvalue weighted by atomic mass is 16.2. The highest BCUT2D eigenvalue weighted by Crippen LogP contribution is 2.33. The molecule has 8 nitrogen and oxygen atoms in total. The summed E-state index contributed by atoms with van der Waals surface area (Å²) < 4.78 is 0. The van der Waals surface area contributed by atoms with Crippen LogP contribution >= 0.6 is 0 Å². The predicted octanol–water partition coefficient (Wildman–Crippen LogP) is 2.22. The van der Waals surface area contributed by atoms with Crippen molar-refractivity contribution in [2.24, 2.45) is 4.99 Å². The van der Waals surface area contributed by atoms with E-state index in [4.69, 9.17) is 0 Å². The number of anilines is 2. The van der Waals surface area contributed by atoms with Gasteiger partial charge < -0.3 is 10.6 Å². The highest BCUT2D eigenvalue weighted by Gasteiger charge is 2.40. The summed E-state index contributed by atoms with van der Waals surface area (Å²) in [5.74, 6) is -0.304. The number of aliphatic imine (C=N–C) groups is 1. The molecule has 0 aromatic heterocycles. The van der Waals surface area contributed by atoms with E-state index < -0.39 is 12.1 Å². The van der Waals surface area contributed by atoms with Crippen molar-refractivity contribution in [3.63, 3.8) is 0 Å². The zero-order valence-electron chi connectivity index (χ0n) is 14.5. The summed E-state index contributed by atoms with van der Waals surface area (Å²) in [6, 6.07) is 13.2. The normalized spacial score (nSPS) is 17.9. The molecule has 0 radical (unpaired) electrons. The molecule has 8 heteroatoms. The monoisotopic (exact) mass is 363 g/mol. The molecular weight excluding hydrogens is 346 g/mol. The minimum Gasteiger partial charge on any atom is -0.366 e. The van der Waals surface area contributed by atoms with Crippen molar-refractivity contribution < 1.29 is 14.4 Å². The van der Waals surface area contributed by atoms with Crippen LogP contribution in [0.5, 0.6) is 0 Å². The van der Waals surface area contributed by atoms with Crippen LogP contribution in [0.2, 0.25) is 0 Å². The minimum absolute atomic E-state index is 0.186. The number of amides is 4. The van der Waals surface area contributed by atoms with E-state index in [0.29, 0.717) is 17.1 Å². The molecule has 2 aromatic carbocycles. The first-order valence-corrected chi connectivity index (χ1v) is 8.44. The van der Waals surface area contributed by atoms with Gasteiger partial charge in [-0.2, -0.15) is 0 Å². The molecule has 1 saturated heterocycles. The lowest BCUT2D eigenvalue weighted by Crippen LogP contribution is -2.63. The molecule has 1 fully saturated rings. The van der Waals surface area contributed by atoms with Crippen LogP contribution in [-0.2, 0) is 16.1 Å². The summed E-state index contributed by atoms with van der Waals surface area (Å²) in [7, 11) is 0. The SMILES string of the molecule is CC(=O)Nc1ccc2c(c1)N=C1NC(=O)N(Cc3ccccc3)C(=O)C1N2. The Kier molecular flexibility index (Phi) is 4.08. The number of fused-ring (bicyclic) bond motifs is 2. The molecule has 0 bridgehead atoms. The molecule has 4 rings (SSSR count). The Balaban J connectivity index is 1.60. The third-order valence-electron chi connectivity index (χ3n) is 4.31. The minimum atomic E-state index is -0.759. The standard InChI is InChI=1S/C19H17N5O3/c1-11(25)20-13-7-8-14-15(9-13)22-17-16(21-14)18(26)24(19(27)23-17)10-12-5-3-2-4-6-12/h2-9,16,21H,10H2,1H3,(H,20,25)(H,22,23,27). The molecule has 2 heterocycles. The fraction of sp³-hybridized carbons (Fsp3) is 0.158. The van der Waals surface area contributed by atoms with E-state index in [2.05, 4.69) is 20.9 Å². The van der Waals surface area contributed by atoms with Gasteiger partial charge >= 0.3 is 6.03 Å². The van der Waals surface area contributed by atoms with Crippen LogP contribution in [0.1, 0.15) is 12.5 Å². The van der Waals surface area contributed by atoms with Crippen LogP contribution in [0, 0.1) is 0 Å². The van der Waals surface area contributed by atoms with Crippen molar-refractivity contribution in [3.05, 3.63) is 54.1 Å². The number of amidine groups is 1. The number of nitrogens with zero attached hydrogens (tertiary/aromatic N) is 2. The molecule has 4 amide bonds. The average Bonchev–Trinajstić information content (AvgIpc) is 2.64. The molecular formula is C19H17N5O3. The molecule has 0 spiro atoms. The molecule has 2 aliphatic heterocycles. The number of carbonyl (C=O) groups is 3. The van der Waals surface area contributed by atoms with Crippen molar-refractivity contribution in [3.8, 4) is 0 Å². The smallest absolute Gasteiger partial charge is 0.329 e. The summed E-state index contributed by atoms with van der Waals surface area (Å²) >= 11 is 0. The van der Waals surface area contributed by atoms with Gasteiger partial charge in [0.25, 0.3) is 5.91 Å². The van der Waals surface area contributed by atoms with Crippen LogP contribution in [0.3, 0.4) is 0 Å². The van der Waals surface area contributed by atoms with Gasteiger partial charge in [-0.25, -0.2) is 9.79 Å². The lowest BCUT2D eigenvalue weighted by atomic mass is 10.1. The zero-order chi connectivity index (χ0) is 19.0. The highest BCUT2D eigenvalue weighted by molar-refractivity contribution is 6.23. The summed E-state index contributed by atoms with van der Waals surface area (Å²) in [5, 5.41) is 8.48. The second-order valence-electron chi connectivity index (χ2n) is 6.33. The molecule has 0 aliphatic carbocycles. The summed E-state index contributed by atoms with van der Waals surface area (Å²) in [5.41, 5.74) is 2.64. The van der Waals surface area contributed by atoms with Crippen LogP contribution < -0.4 is 16.0 Å². The van der Waals surface area contributed by atoms with Gasteiger partial charge in [0.1, 0.15) is 5.84 Å². The third-order valence-corrected chi connectivity index (χ3v) is 4.31. The number of hydrogen-bond donors (Lipinski definition) is 3. The number of carbonyl (C=O) groups excluding carboxylic acids is 3. The van der Waals surface area contributed by atoms with Gasteiger partial charge in [0, 0.05) is 12.6 Å². The van der Waals surface area contributed by atoms with Crippen LogP contribution in [0.4, 0.5) is 21.9 Å². The lowest BCUT2D eigenvalue weighted by molar-refractivity contribution is -0.128. The quantitative estimate of drug-likeness (QED) is 0.778. The molecule has 27 heavy (non-hydrogen) atoms. The second kappa shape index (κ2) is 6.56. The third kappa shape index (κ3) is 3.24. The molecule has 2 aromatic rings. The van der Waals surface area contributed by atoms with Gasteiger partial charge in [-0.15, -0.1) is 0 Å². The molecule has 3 N–H and O–H groups in total. The molecule has 2 aliphatic rings. The second-order valence-corrected chi connectivity index (χ2v) is 6.33.